The van der Waals surface area contributed by atoms with Crippen molar-refractivity contribution in [3.63, 3.8) is 0 Å². The highest BCUT2D eigenvalue weighted by atomic mass is 15.3. The highest BCUT2D eigenvalue weighted by Gasteiger charge is 2.20. The van der Waals surface area contributed by atoms with Gasteiger partial charge < -0.3 is 16.0 Å². The van der Waals surface area contributed by atoms with E-state index in [-0.39, 0.29) is 0 Å². The van der Waals surface area contributed by atoms with Gasteiger partial charge in [0.15, 0.2) is 0 Å². The van der Waals surface area contributed by atoms with E-state index < -0.39 is 0 Å². The normalized spacial score (nSPS) is 23.4. The van der Waals surface area contributed by atoms with Gasteiger partial charge in [-0.15, -0.1) is 0 Å². The summed E-state index contributed by atoms with van der Waals surface area (Å²) < 4.78 is 2.09. The molecule has 0 aromatic carbocycles. The fraction of sp³-hybridized carbons (Fsp3) is 0.579. The van der Waals surface area contributed by atoms with E-state index in [0.29, 0.717) is 12.1 Å². The second-order valence-electron chi connectivity index (χ2n) is 7.18. The fourth-order valence-electron chi connectivity index (χ4n) is 3.96. The molecule has 134 valence electrons. The smallest absolute Gasteiger partial charge is 0.132 e. The van der Waals surface area contributed by atoms with Crippen LogP contribution in [0, 0.1) is 0 Å². The predicted octanol–water partition coefficient (Wildman–Crippen LogP) is 3.09. The number of hydrogen-bond donors (Lipinski definition) is 3. The summed E-state index contributed by atoms with van der Waals surface area (Å²) >= 11 is 0. The van der Waals surface area contributed by atoms with E-state index in [0.717, 1.165) is 24.7 Å². The molecule has 0 unspecified atom stereocenters. The van der Waals surface area contributed by atoms with E-state index in [1.807, 2.05) is 12.4 Å². The van der Waals surface area contributed by atoms with Crippen LogP contribution in [0.1, 0.15) is 38.5 Å². The molecule has 2 aromatic heterocycles. The van der Waals surface area contributed by atoms with Crippen molar-refractivity contribution < 1.29 is 0 Å². The van der Waals surface area contributed by atoms with Crippen molar-refractivity contribution in [1.29, 1.82) is 0 Å². The van der Waals surface area contributed by atoms with Crippen molar-refractivity contribution in [2.45, 2.75) is 57.2 Å². The number of nitrogens with zero attached hydrogens (tertiary/aromatic N) is 3. The van der Waals surface area contributed by atoms with E-state index in [1.165, 1.54) is 49.7 Å². The van der Waals surface area contributed by atoms with E-state index in [4.69, 9.17) is 0 Å². The topological polar surface area (TPSA) is 66.8 Å². The first-order valence-electron chi connectivity index (χ1n) is 9.53. The minimum Gasteiger partial charge on any atom is -0.370 e. The van der Waals surface area contributed by atoms with Crippen LogP contribution in [0.5, 0.6) is 0 Å². The van der Waals surface area contributed by atoms with Gasteiger partial charge in [-0.3, -0.25) is 0 Å². The number of anilines is 2. The summed E-state index contributed by atoms with van der Waals surface area (Å²) in [6.07, 6.45) is 11.1. The Morgan fingerprint density at radius 3 is 2.84 bits per heavy atom. The summed E-state index contributed by atoms with van der Waals surface area (Å²) in [6, 6.07) is 5.43. The lowest BCUT2D eigenvalue weighted by Crippen LogP contribution is -2.35. The second kappa shape index (κ2) is 7.44. The second-order valence-corrected chi connectivity index (χ2v) is 7.18. The molecule has 1 fully saturated rings. The number of aromatic nitrogens is 3. The number of rotatable bonds is 4. The highest BCUT2D eigenvalue weighted by Crippen LogP contribution is 2.31. The Morgan fingerprint density at radius 1 is 1.16 bits per heavy atom. The van der Waals surface area contributed by atoms with Crippen molar-refractivity contribution in [2.75, 3.05) is 24.2 Å². The van der Waals surface area contributed by atoms with E-state index >= 15 is 0 Å². The van der Waals surface area contributed by atoms with E-state index in [1.54, 1.807) is 0 Å². The average Bonchev–Trinajstić information content (AvgIpc) is 2.91. The van der Waals surface area contributed by atoms with Gasteiger partial charge in [-0.25, -0.2) is 9.67 Å². The number of fused-ring (bicyclic) bond motifs is 1. The predicted molar refractivity (Wildman–Crippen MR) is 102 cm³/mol. The molecule has 2 aliphatic rings. The summed E-state index contributed by atoms with van der Waals surface area (Å²) in [5.41, 5.74) is 2.35. The monoisotopic (exact) mass is 340 g/mol. The molecule has 0 radical (unpaired) electrons. The number of nitrogens with one attached hydrogen (secondary N) is 3. The van der Waals surface area contributed by atoms with Crippen LogP contribution in [0.25, 0.3) is 11.1 Å². The summed E-state index contributed by atoms with van der Waals surface area (Å²) in [5, 5.41) is 15.1. The third kappa shape index (κ3) is 3.63. The summed E-state index contributed by atoms with van der Waals surface area (Å²) in [5.74, 6) is 2.11. The maximum absolute atomic E-state index is 4.56. The molecule has 25 heavy (non-hydrogen) atoms. The zero-order valence-corrected chi connectivity index (χ0v) is 15.0. The zero-order valence-electron chi connectivity index (χ0n) is 15.0. The standard InChI is InChI=1S/C19H28N6/c1-20-15-4-6-16(7-5-15)24-18-12-14(8-10-21-18)17-13-23-25-11-3-2-9-22-19(17)25/h8,10,12-13,15-16,20,22H,2-7,9,11H2,1H3,(H,21,24). The number of pyridine rings is 1. The fourth-order valence-corrected chi connectivity index (χ4v) is 3.96. The number of hydrogen-bond acceptors (Lipinski definition) is 5. The first-order valence-corrected chi connectivity index (χ1v) is 9.53. The van der Waals surface area contributed by atoms with Crippen molar-refractivity contribution in [2.24, 2.45) is 0 Å². The molecule has 0 bridgehead atoms. The minimum atomic E-state index is 0.523. The lowest BCUT2D eigenvalue weighted by Gasteiger charge is -2.29. The Hall–Kier alpha value is -2.08. The maximum Gasteiger partial charge on any atom is 0.132 e. The van der Waals surface area contributed by atoms with Crippen LogP contribution >= 0.6 is 0 Å². The minimum absolute atomic E-state index is 0.523. The van der Waals surface area contributed by atoms with Crippen LogP contribution in [-0.4, -0.2) is 40.4 Å². The molecule has 1 aliphatic heterocycles. The molecule has 1 saturated carbocycles. The first kappa shape index (κ1) is 16.4. The third-order valence-corrected chi connectivity index (χ3v) is 5.49. The van der Waals surface area contributed by atoms with Gasteiger partial charge in [0.25, 0.3) is 0 Å². The molecule has 0 amide bonds. The highest BCUT2D eigenvalue weighted by molar-refractivity contribution is 5.76. The van der Waals surface area contributed by atoms with E-state index in [9.17, 15) is 0 Å². The Balaban J connectivity index is 1.50. The molecule has 0 saturated heterocycles. The Kier molecular flexibility index (Phi) is 4.88. The van der Waals surface area contributed by atoms with Crippen molar-refractivity contribution in [3.05, 3.63) is 24.5 Å². The van der Waals surface area contributed by atoms with Gasteiger partial charge in [0.1, 0.15) is 11.6 Å². The lowest BCUT2D eigenvalue weighted by molar-refractivity contribution is 0.371. The molecule has 2 aromatic rings. The average molecular weight is 340 g/mol. The van der Waals surface area contributed by atoms with Gasteiger partial charge in [0.05, 0.1) is 6.20 Å². The molecule has 0 atom stereocenters. The molecule has 4 rings (SSSR count). The molecule has 3 heterocycles. The Bertz CT molecular complexity index is 702. The Labute approximate surface area is 149 Å². The Morgan fingerprint density at radius 2 is 2.00 bits per heavy atom. The maximum atomic E-state index is 4.56. The van der Waals surface area contributed by atoms with Gasteiger partial charge in [-0.05, 0) is 63.3 Å². The van der Waals surface area contributed by atoms with Gasteiger partial charge >= 0.3 is 0 Å². The molecule has 1 aliphatic carbocycles. The molecule has 0 spiro atoms. The molecular formula is C19H28N6. The van der Waals surface area contributed by atoms with E-state index in [2.05, 4.69) is 49.9 Å². The van der Waals surface area contributed by atoms with Crippen molar-refractivity contribution >= 4 is 11.6 Å². The zero-order chi connectivity index (χ0) is 17.1. The van der Waals surface area contributed by atoms with Crippen LogP contribution in [0.15, 0.2) is 24.5 Å². The molecule has 3 N–H and O–H groups in total. The largest absolute Gasteiger partial charge is 0.370 e. The molecule has 6 heteroatoms. The summed E-state index contributed by atoms with van der Waals surface area (Å²) in [7, 11) is 2.06. The van der Waals surface area contributed by atoms with Crippen LogP contribution in [0.4, 0.5) is 11.6 Å². The summed E-state index contributed by atoms with van der Waals surface area (Å²) in [4.78, 5) is 4.54. The molecular weight excluding hydrogens is 312 g/mol. The van der Waals surface area contributed by atoms with Crippen LogP contribution in [0.2, 0.25) is 0 Å². The van der Waals surface area contributed by atoms with Gasteiger partial charge in [-0.2, -0.15) is 5.10 Å². The van der Waals surface area contributed by atoms with Gasteiger partial charge in [-0.1, -0.05) is 0 Å². The quantitative estimate of drug-likeness (QED) is 0.798. The van der Waals surface area contributed by atoms with Crippen LogP contribution < -0.4 is 16.0 Å². The van der Waals surface area contributed by atoms with Crippen LogP contribution in [0.3, 0.4) is 0 Å². The van der Waals surface area contributed by atoms with Gasteiger partial charge in [0.2, 0.25) is 0 Å². The number of aryl methyl sites for hydroxylation is 1. The third-order valence-electron chi connectivity index (χ3n) is 5.49. The van der Waals surface area contributed by atoms with Crippen LogP contribution in [-0.2, 0) is 6.54 Å². The summed E-state index contributed by atoms with van der Waals surface area (Å²) in [6.45, 7) is 2.01. The van der Waals surface area contributed by atoms with Crippen molar-refractivity contribution in [1.82, 2.24) is 20.1 Å². The lowest BCUT2D eigenvalue weighted by atomic mass is 9.91. The van der Waals surface area contributed by atoms with Crippen molar-refractivity contribution in [3.8, 4) is 11.1 Å². The first-order chi connectivity index (χ1) is 12.3. The van der Waals surface area contributed by atoms with Gasteiger partial charge in [0, 0.05) is 36.9 Å². The molecule has 6 nitrogen and oxygen atoms in total. The SMILES string of the molecule is CNC1CCC(Nc2cc(-c3cnn4c3NCCCC4)ccn2)CC1.